The SMILES string of the molecule is CNSNc1ccc(Oc2ccnn3cc(C(=O)N4CC[C@](C)(O)C4)c(C)c23)cc1Cl. The first kappa shape index (κ1) is 21.8. The monoisotopic (exact) mass is 461 g/mol. The van der Waals surface area contributed by atoms with Gasteiger partial charge in [-0.1, -0.05) is 11.6 Å². The Morgan fingerprint density at radius 1 is 1.39 bits per heavy atom. The molecule has 31 heavy (non-hydrogen) atoms. The van der Waals surface area contributed by atoms with Crippen molar-refractivity contribution in [1.29, 1.82) is 0 Å². The molecule has 2 aromatic heterocycles. The van der Waals surface area contributed by atoms with E-state index in [9.17, 15) is 9.90 Å². The minimum Gasteiger partial charge on any atom is -0.455 e. The summed E-state index contributed by atoms with van der Waals surface area (Å²) in [6.07, 6.45) is 3.90. The van der Waals surface area contributed by atoms with Crippen LogP contribution in [0.2, 0.25) is 5.02 Å². The van der Waals surface area contributed by atoms with Crippen LogP contribution in [0.3, 0.4) is 0 Å². The smallest absolute Gasteiger partial charge is 0.255 e. The van der Waals surface area contributed by atoms with Crippen molar-refractivity contribution in [2.75, 3.05) is 24.9 Å². The average molecular weight is 462 g/mol. The summed E-state index contributed by atoms with van der Waals surface area (Å²) in [5.74, 6) is 1.02. The summed E-state index contributed by atoms with van der Waals surface area (Å²) >= 11 is 7.67. The van der Waals surface area contributed by atoms with E-state index in [0.29, 0.717) is 47.1 Å². The molecule has 1 amide bonds. The highest BCUT2D eigenvalue weighted by atomic mass is 35.5. The van der Waals surface area contributed by atoms with Crippen molar-refractivity contribution < 1.29 is 14.6 Å². The number of likely N-dealkylation sites (tertiary alicyclic amines) is 1. The highest BCUT2D eigenvalue weighted by Crippen LogP contribution is 2.34. The molecule has 1 fully saturated rings. The molecule has 1 saturated heterocycles. The van der Waals surface area contributed by atoms with Gasteiger partial charge in [0.05, 0.1) is 28.1 Å². The predicted molar refractivity (Wildman–Crippen MR) is 123 cm³/mol. The van der Waals surface area contributed by atoms with Gasteiger partial charge in [-0.2, -0.15) is 5.10 Å². The third-order valence-electron chi connectivity index (χ3n) is 5.29. The molecule has 0 radical (unpaired) electrons. The van der Waals surface area contributed by atoms with Crippen molar-refractivity contribution in [1.82, 2.24) is 19.2 Å². The normalized spacial score (nSPS) is 18.5. The Kier molecular flexibility index (Phi) is 6.02. The second-order valence-corrected chi connectivity index (χ2v) is 9.01. The zero-order chi connectivity index (χ0) is 22.2. The minimum absolute atomic E-state index is 0.118. The molecule has 0 bridgehead atoms. The van der Waals surface area contributed by atoms with Gasteiger partial charge in [0.15, 0.2) is 5.75 Å². The van der Waals surface area contributed by atoms with Gasteiger partial charge in [-0.15, -0.1) is 0 Å². The molecule has 0 saturated carbocycles. The average Bonchev–Trinajstić information content (AvgIpc) is 3.27. The van der Waals surface area contributed by atoms with Crippen molar-refractivity contribution in [3.8, 4) is 11.5 Å². The summed E-state index contributed by atoms with van der Waals surface area (Å²) in [7, 11) is 1.81. The largest absolute Gasteiger partial charge is 0.455 e. The lowest BCUT2D eigenvalue weighted by molar-refractivity contribution is 0.0572. The number of anilines is 1. The zero-order valence-electron chi connectivity index (χ0n) is 17.5. The van der Waals surface area contributed by atoms with Crippen LogP contribution < -0.4 is 14.2 Å². The number of aromatic nitrogens is 2. The summed E-state index contributed by atoms with van der Waals surface area (Å²) in [5.41, 5.74) is 1.95. The Bertz CT molecular complexity index is 1130. The highest BCUT2D eigenvalue weighted by molar-refractivity contribution is 7.98. The number of nitrogens with one attached hydrogen (secondary N) is 2. The van der Waals surface area contributed by atoms with Crippen molar-refractivity contribution in [2.45, 2.75) is 25.9 Å². The number of rotatable bonds is 6. The maximum atomic E-state index is 13.1. The topological polar surface area (TPSA) is 91.1 Å². The number of benzene rings is 1. The Balaban J connectivity index is 1.63. The Morgan fingerprint density at radius 2 is 2.19 bits per heavy atom. The van der Waals surface area contributed by atoms with Crippen LogP contribution in [0.25, 0.3) is 5.52 Å². The molecule has 164 valence electrons. The number of aliphatic hydroxyl groups is 1. The van der Waals surface area contributed by atoms with Crippen LogP contribution in [0, 0.1) is 6.92 Å². The van der Waals surface area contributed by atoms with Crippen LogP contribution in [-0.4, -0.2) is 51.3 Å². The Hall–Kier alpha value is -2.46. The lowest BCUT2D eigenvalue weighted by atomic mass is 10.1. The number of hydrogen-bond donors (Lipinski definition) is 3. The molecule has 1 aromatic carbocycles. The van der Waals surface area contributed by atoms with Gasteiger partial charge in [0.2, 0.25) is 0 Å². The van der Waals surface area contributed by atoms with E-state index in [2.05, 4.69) is 14.5 Å². The third kappa shape index (κ3) is 4.45. The van der Waals surface area contributed by atoms with Crippen LogP contribution in [-0.2, 0) is 0 Å². The molecule has 3 heterocycles. The zero-order valence-corrected chi connectivity index (χ0v) is 19.0. The van der Waals surface area contributed by atoms with E-state index in [1.165, 1.54) is 12.1 Å². The number of aryl methyl sites for hydroxylation is 1. The fourth-order valence-corrected chi connectivity index (χ4v) is 4.35. The van der Waals surface area contributed by atoms with Gasteiger partial charge < -0.3 is 19.5 Å². The van der Waals surface area contributed by atoms with Crippen molar-refractivity contribution in [3.05, 3.63) is 52.8 Å². The van der Waals surface area contributed by atoms with Gasteiger partial charge >= 0.3 is 0 Å². The van der Waals surface area contributed by atoms with E-state index in [-0.39, 0.29) is 5.91 Å². The van der Waals surface area contributed by atoms with Crippen molar-refractivity contribution in [3.63, 3.8) is 0 Å². The maximum Gasteiger partial charge on any atom is 0.255 e. The summed E-state index contributed by atoms with van der Waals surface area (Å²) in [4.78, 5) is 14.7. The molecular formula is C21H24ClN5O3S. The van der Waals surface area contributed by atoms with Crippen LogP contribution in [0.1, 0.15) is 29.3 Å². The molecule has 0 spiro atoms. The number of β-amino-alcohol motifs (C(OH)–C–C–N with tert-alkyl or cyclic N) is 1. The summed E-state index contributed by atoms with van der Waals surface area (Å²) in [6.45, 7) is 4.47. The molecule has 4 rings (SSSR count). The molecule has 1 aliphatic heterocycles. The quantitative estimate of drug-likeness (QED) is 0.480. The van der Waals surface area contributed by atoms with Crippen molar-refractivity contribution >= 4 is 40.8 Å². The van der Waals surface area contributed by atoms with Gasteiger partial charge in [0.1, 0.15) is 11.3 Å². The van der Waals surface area contributed by atoms with Gasteiger partial charge in [0, 0.05) is 43.6 Å². The van der Waals surface area contributed by atoms with Crippen LogP contribution in [0.4, 0.5) is 5.69 Å². The molecular weight excluding hydrogens is 438 g/mol. The summed E-state index contributed by atoms with van der Waals surface area (Å²) in [6, 6.07) is 7.14. The lowest BCUT2D eigenvalue weighted by Gasteiger charge is -2.18. The number of nitrogens with zero attached hydrogens (tertiary/aromatic N) is 3. The van der Waals surface area contributed by atoms with E-state index in [0.717, 1.165) is 11.3 Å². The van der Waals surface area contributed by atoms with Gasteiger partial charge in [0.25, 0.3) is 5.91 Å². The summed E-state index contributed by atoms with van der Waals surface area (Å²) < 4.78 is 13.8. The van der Waals surface area contributed by atoms with E-state index >= 15 is 0 Å². The Morgan fingerprint density at radius 3 is 2.87 bits per heavy atom. The first-order valence-corrected chi connectivity index (χ1v) is 11.0. The lowest BCUT2D eigenvalue weighted by Crippen LogP contribution is -2.34. The van der Waals surface area contributed by atoms with Crippen LogP contribution in [0.15, 0.2) is 36.7 Å². The van der Waals surface area contributed by atoms with Gasteiger partial charge in [-0.25, -0.2) is 9.24 Å². The number of carbonyl (C=O) groups is 1. The molecule has 3 N–H and O–H groups in total. The summed E-state index contributed by atoms with van der Waals surface area (Å²) in [5, 5.41) is 15.1. The van der Waals surface area contributed by atoms with E-state index in [1.807, 2.05) is 26.1 Å². The number of carbonyl (C=O) groups excluding carboxylic acids is 1. The molecule has 3 aromatic rings. The molecule has 0 aliphatic carbocycles. The minimum atomic E-state index is -0.846. The molecule has 0 unspecified atom stereocenters. The predicted octanol–water partition coefficient (Wildman–Crippen LogP) is 3.88. The van der Waals surface area contributed by atoms with E-state index < -0.39 is 5.60 Å². The van der Waals surface area contributed by atoms with Crippen LogP contribution >= 0.6 is 23.7 Å². The van der Waals surface area contributed by atoms with Crippen molar-refractivity contribution in [2.24, 2.45) is 0 Å². The maximum absolute atomic E-state index is 13.1. The van der Waals surface area contributed by atoms with E-state index in [4.69, 9.17) is 16.3 Å². The molecule has 10 heteroatoms. The fourth-order valence-electron chi connectivity index (χ4n) is 3.69. The number of hydrogen-bond acceptors (Lipinski definition) is 7. The first-order valence-electron chi connectivity index (χ1n) is 9.84. The third-order valence-corrected chi connectivity index (χ3v) is 6.13. The van der Waals surface area contributed by atoms with E-state index in [1.54, 1.807) is 40.9 Å². The molecule has 1 atom stereocenters. The molecule has 1 aliphatic rings. The number of amides is 1. The van der Waals surface area contributed by atoms with Crippen LogP contribution in [0.5, 0.6) is 11.5 Å². The second-order valence-electron chi connectivity index (χ2n) is 7.78. The number of ether oxygens (including phenoxy) is 1. The van der Waals surface area contributed by atoms with Gasteiger partial charge in [-0.3, -0.25) is 4.79 Å². The second kappa shape index (κ2) is 8.58. The standard InChI is InChI=1S/C21H24ClN5O3S/c1-13-15(20(28)26-9-7-21(2,29)12-26)11-27-19(13)18(6-8-24-27)30-14-4-5-17(16(22)10-14)25-31-23-3/h4-6,8,10-11,23,25,29H,7,9,12H2,1-3H3/t21-/m0/s1. The first-order chi connectivity index (χ1) is 14.8. The molecule has 8 nitrogen and oxygen atoms in total. The Labute approximate surface area is 189 Å². The van der Waals surface area contributed by atoms with Gasteiger partial charge in [-0.05, 0) is 45.0 Å². The number of fused-ring (bicyclic) bond motifs is 1. The number of halogens is 1. The fraction of sp³-hybridized carbons (Fsp3) is 0.333. The highest BCUT2D eigenvalue weighted by Gasteiger charge is 2.35.